The van der Waals surface area contributed by atoms with Crippen molar-refractivity contribution in [1.82, 2.24) is 5.06 Å². The van der Waals surface area contributed by atoms with Gasteiger partial charge in [-0.2, -0.15) is 0 Å². The molecule has 0 fully saturated rings. The summed E-state index contributed by atoms with van der Waals surface area (Å²) in [6.45, 7) is 0.308. The number of nitrogens with zero attached hydrogens (tertiary/aromatic N) is 2. The Morgan fingerprint density at radius 1 is 0.933 bits per heavy atom. The van der Waals surface area contributed by atoms with Crippen molar-refractivity contribution in [2.24, 2.45) is 0 Å². The van der Waals surface area contributed by atoms with Crippen LogP contribution in [-0.2, 0) is 4.79 Å². The summed E-state index contributed by atoms with van der Waals surface area (Å²) >= 11 is 1.65. The van der Waals surface area contributed by atoms with E-state index in [0.717, 1.165) is 27.0 Å². The number of benzene rings is 3. The first-order valence-corrected chi connectivity index (χ1v) is 10.7. The van der Waals surface area contributed by atoms with Gasteiger partial charge in [-0.3, -0.25) is 15.1 Å². The molecule has 0 spiro atoms. The van der Waals surface area contributed by atoms with Crippen LogP contribution in [0.3, 0.4) is 0 Å². The van der Waals surface area contributed by atoms with Crippen molar-refractivity contribution in [3.63, 3.8) is 0 Å². The van der Waals surface area contributed by atoms with E-state index in [0.29, 0.717) is 23.6 Å². The molecule has 1 amide bonds. The maximum absolute atomic E-state index is 13.2. The number of likely N-dealkylation sites (N-methyl/N-ethyl adjacent to an activating group) is 1. The minimum absolute atomic E-state index is 0.139. The number of rotatable bonds is 6. The molecule has 3 aromatic carbocycles. The third-order valence-electron chi connectivity index (χ3n) is 4.95. The van der Waals surface area contributed by atoms with Crippen LogP contribution in [0.2, 0.25) is 0 Å². The lowest BCUT2D eigenvalue weighted by Crippen LogP contribution is -2.27. The normalized spacial score (nSPS) is 13.7. The summed E-state index contributed by atoms with van der Waals surface area (Å²) in [5.41, 5.74) is 2.58. The highest BCUT2D eigenvalue weighted by Crippen LogP contribution is 2.34. The first-order valence-electron chi connectivity index (χ1n) is 9.52. The molecule has 0 unspecified atom stereocenters. The van der Waals surface area contributed by atoms with Crippen LogP contribution in [-0.4, -0.2) is 36.0 Å². The summed E-state index contributed by atoms with van der Waals surface area (Å²) in [7, 11) is 1.54. The second-order valence-corrected chi connectivity index (χ2v) is 7.75. The number of carbonyl (C=O) groups is 1. The Hall–Kier alpha value is -3.22. The molecule has 6 heteroatoms. The minimum Gasteiger partial charge on any atom is -0.457 e. The maximum Gasteiger partial charge on any atom is 0.261 e. The fraction of sp³-hybridized carbons (Fsp3) is 0.125. The Morgan fingerprint density at radius 3 is 2.17 bits per heavy atom. The molecule has 0 aromatic heterocycles. The number of para-hydroxylation sites is 1. The molecule has 0 bridgehead atoms. The lowest BCUT2D eigenvalue weighted by molar-refractivity contribution is -0.112. The van der Waals surface area contributed by atoms with Gasteiger partial charge in [0.1, 0.15) is 11.5 Å². The molecule has 0 radical (unpaired) electrons. The molecule has 152 valence electrons. The van der Waals surface area contributed by atoms with Crippen LogP contribution in [0.4, 0.5) is 5.69 Å². The molecule has 1 aliphatic rings. The highest BCUT2D eigenvalue weighted by molar-refractivity contribution is 7.98. The highest BCUT2D eigenvalue weighted by Gasteiger charge is 2.34. The number of hydrogen-bond donors (Lipinski definition) is 1. The smallest absolute Gasteiger partial charge is 0.261 e. The molecule has 4 rings (SSSR count). The molecular weight excluding hydrogens is 396 g/mol. The summed E-state index contributed by atoms with van der Waals surface area (Å²) in [5.74, 6) is 1.29. The van der Waals surface area contributed by atoms with Gasteiger partial charge >= 0.3 is 0 Å². The third kappa shape index (κ3) is 4.06. The first kappa shape index (κ1) is 20.1. The van der Waals surface area contributed by atoms with E-state index in [-0.39, 0.29) is 5.91 Å². The lowest BCUT2D eigenvalue weighted by atomic mass is 10.0. The second-order valence-electron chi connectivity index (χ2n) is 6.87. The number of thioether (sulfide) groups is 1. The molecule has 3 aromatic rings. The van der Waals surface area contributed by atoms with Crippen molar-refractivity contribution >= 4 is 28.9 Å². The molecule has 5 nitrogen and oxygen atoms in total. The molecule has 1 aliphatic heterocycles. The third-order valence-corrected chi connectivity index (χ3v) is 5.70. The average molecular weight is 419 g/mol. The van der Waals surface area contributed by atoms with Crippen LogP contribution in [0, 0.1) is 0 Å². The molecular formula is C24H22N2O3S. The summed E-state index contributed by atoms with van der Waals surface area (Å²) in [6.07, 6.45) is 2.01. The first-order chi connectivity index (χ1) is 14.6. The predicted molar refractivity (Wildman–Crippen MR) is 120 cm³/mol. The average Bonchev–Trinajstić information content (AvgIpc) is 3.12. The van der Waals surface area contributed by atoms with Crippen molar-refractivity contribution in [1.29, 1.82) is 0 Å². The van der Waals surface area contributed by atoms with E-state index in [1.54, 1.807) is 16.7 Å². The van der Waals surface area contributed by atoms with Gasteiger partial charge in [-0.05, 0) is 60.4 Å². The van der Waals surface area contributed by atoms with Crippen molar-refractivity contribution in [2.45, 2.75) is 4.90 Å². The Balaban J connectivity index is 1.60. The largest absolute Gasteiger partial charge is 0.457 e. The number of carbonyl (C=O) groups excluding carboxylic acids is 1. The zero-order valence-electron chi connectivity index (χ0n) is 16.8. The van der Waals surface area contributed by atoms with E-state index in [1.165, 1.54) is 7.05 Å². The fourth-order valence-electron chi connectivity index (χ4n) is 3.40. The topological polar surface area (TPSA) is 53.0 Å². The zero-order valence-corrected chi connectivity index (χ0v) is 17.6. The van der Waals surface area contributed by atoms with Gasteiger partial charge in [0.2, 0.25) is 0 Å². The van der Waals surface area contributed by atoms with Crippen LogP contribution < -0.4 is 9.64 Å². The Morgan fingerprint density at radius 2 is 1.57 bits per heavy atom. The summed E-state index contributed by atoms with van der Waals surface area (Å²) in [6, 6.07) is 24.7. The minimum atomic E-state index is -0.139. The van der Waals surface area contributed by atoms with Crippen molar-refractivity contribution in [3.05, 3.63) is 90.1 Å². The van der Waals surface area contributed by atoms with Crippen LogP contribution in [0.15, 0.2) is 89.5 Å². The van der Waals surface area contributed by atoms with Crippen LogP contribution in [0.1, 0.15) is 5.56 Å². The Bertz CT molecular complexity index is 1060. The van der Waals surface area contributed by atoms with Crippen LogP contribution in [0.25, 0.3) is 5.57 Å². The number of hydroxylamine groups is 2. The molecule has 0 saturated carbocycles. The summed E-state index contributed by atoms with van der Waals surface area (Å²) < 4.78 is 5.84. The van der Waals surface area contributed by atoms with E-state index >= 15 is 0 Å². The summed E-state index contributed by atoms with van der Waals surface area (Å²) in [4.78, 5) is 16.1. The fourth-order valence-corrected chi connectivity index (χ4v) is 3.81. The molecule has 1 heterocycles. The van der Waals surface area contributed by atoms with Gasteiger partial charge in [0.15, 0.2) is 0 Å². The molecule has 0 aliphatic carbocycles. The van der Waals surface area contributed by atoms with Gasteiger partial charge in [-0.1, -0.05) is 30.3 Å². The Kier molecular flexibility index (Phi) is 5.79. The second kappa shape index (κ2) is 8.65. The van der Waals surface area contributed by atoms with Gasteiger partial charge in [0.05, 0.1) is 17.8 Å². The lowest BCUT2D eigenvalue weighted by Gasteiger charge is -2.18. The molecule has 0 saturated heterocycles. The van der Waals surface area contributed by atoms with Crippen molar-refractivity contribution in [2.75, 3.05) is 24.7 Å². The molecule has 0 atom stereocenters. The van der Waals surface area contributed by atoms with Crippen LogP contribution in [0.5, 0.6) is 11.5 Å². The standard InChI is InChI=1S/C24H22N2O3S/c1-25(28)22-16-26(18-10-14-21(30-2)15-11-18)24(27)23(22)17-8-12-20(13-9-17)29-19-6-4-3-5-7-19/h3-15,28H,16H2,1-2H3. The van der Waals surface area contributed by atoms with Crippen molar-refractivity contribution in [3.8, 4) is 11.5 Å². The quantitative estimate of drug-likeness (QED) is 0.436. The van der Waals surface area contributed by atoms with E-state index in [4.69, 9.17) is 4.74 Å². The maximum atomic E-state index is 13.2. The monoisotopic (exact) mass is 418 g/mol. The Labute approximate surface area is 180 Å². The van der Waals surface area contributed by atoms with Crippen LogP contribution >= 0.6 is 11.8 Å². The number of amides is 1. The summed E-state index contributed by atoms with van der Waals surface area (Å²) in [5, 5.41) is 11.2. The molecule has 1 N–H and O–H groups in total. The zero-order chi connectivity index (χ0) is 21.1. The SMILES string of the molecule is CSc1ccc(N2CC(N(C)O)=C(c3ccc(Oc4ccccc4)cc3)C2=O)cc1. The number of hydrogen-bond acceptors (Lipinski definition) is 5. The van der Waals surface area contributed by atoms with Gasteiger partial charge < -0.3 is 9.64 Å². The van der Waals surface area contributed by atoms with E-state index in [2.05, 4.69) is 0 Å². The van der Waals surface area contributed by atoms with E-state index < -0.39 is 0 Å². The van der Waals surface area contributed by atoms with E-state index in [9.17, 15) is 10.0 Å². The van der Waals surface area contributed by atoms with Gasteiger partial charge in [-0.25, -0.2) is 0 Å². The van der Waals surface area contributed by atoms with Gasteiger partial charge in [0.25, 0.3) is 5.91 Å². The highest BCUT2D eigenvalue weighted by atomic mass is 32.2. The number of anilines is 1. The predicted octanol–water partition coefficient (Wildman–Crippen LogP) is 5.28. The van der Waals surface area contributed by atoms with Crippen molar-refractivity contribution < 1.29 is 14.7 Å². The van der Waals surface area contributed by atoms with Gasteiger partial charge in [-0.15, -0.1) is 11.8 Å². The molecule has 30 heavy (non-hydrogen) atoms. The van der Waals surface area contributed by atoms with E-state index in [1.807, 2.05) is 85.1 Å². The van der Waals surface area contributed by atoms with Gasteiger partial charge in [0, 0.05) is 17.6 Å². The number of ether oxygens (including phenoxy) is 1.